The minimum absolute atomic E-state index is 0.323. The summed E-state index contributed by atoms with van der Waals surface area (Å²) < 4.78 is 1.41. The highest BCUT2D eigenvalue weighted by Crippen LogP contribution is 2.40. The first-order chi connectivity index (χ1) is 7.70. The Hall–Kier alpha value is -0.860. The van der Waals surface area contributed by atoms with Crippen LogP contribution in [0.15, 0.2) is 30.3 Å². The van der Waals surface area contributed by atoms with Gasteiger partial charge in [-0.15, -0.1) is 11.3 Å². The van der Waals surface area contributed by atoms with Crippen molar-refractivity contribution in [3.8, 4) is 0 Å². The van der Waals surface area contributed by atoms with Crippen molar-refractivity contribution < 1.29 is 0 Å². The lowest BCUT2D eigenvalue weighted by molar-refractivity contribution is 0.412. The van der Waals surface area contributed by atoms with E-state index in [1.54, 1.807) is 0 Å². The molecule has 1 fully saturated rings. The lowest BCUT2D eigenvalue weighted by Crippen LogP contribution is -2.28. The summed E-state index contributed by atoms with van der Waals surface area (Å²) in [5.74, 6) is 0.723. The van der Waals surface area contributed by atoms with Crippen LogP contribution in [0.3, 0.4) is 0 Å². The average molecular weight is 231 g/mol. The summed E-state index contributed by atoms with van der Waals surface area (Å²) in [6.45, 7) is 7.00. The zero-order valence-corrected chi connectivity index (χ0v) is 10.6. The summed E-state index contributed by atoms with van der Waals surface area (Å²) in [4.78, 5) is 1.53. The van der Waals surface area contributed by atoms with Gasteiger partial charge in [0.25, 0.3) is 0 Å². The molecule has 0 saturated carbocycles. The SMILES string of the molecule is C[C@@H]1CNC[C@@]1(C)c1cc2ccccc2s1. The van der Waals surface area contributed by atoms with E-state index < -0.39 is 0 Å². The van der Waals surface area contributed by atoms with E-state index in [0.29, 0.717) is 5.41 Å². The van der Waals surface area contributed by atoms with E-state index in [-0.39, 0.29) is 0 Å². The molecule has 0 radical (unpaired) electrons. The molecule has 0 spiro atoms. The van der Waals surface area contributed by atoms with Gasteiger partial charge >= 0.3 is 0 Å². The third-order valence-corrected chi connectivity index (χ3v) is 5.41. The molecular formula is C14H17NS. The number of hydrogen-bond donors (Lipinski definition) is 1. The molecule has 2 heteroatoms. The first-order valence-electron chi connectivity index (χ1n) is 5.90. The van der Waals surface area contributed by atoms with Crippen molar-refractivity contribution >= 4 is 21.4 Å². The molecule has 1 nitrogen and oxygen atoms in total. The Balaban J connectivity index is 2.12. The van der Waals surface area contributed by atoms with Crippen molar-refractivity contribution in [2.45, 2.75) is 19.3 Å². The van der Waals surface area contributed by atoms with Crippen LogP contribution in [0.4, 0.5) is 0 Å². The van der Waals surface area contributed by atoms with E-state index in [1.807, 2.05) is 11.3 Å². The molecule has 0 bridgehead atoms. The minimum atomic E-state index is 0.323. The van der Waals surface area contributed by atoms with Gasteiger partial charge < -0.3 is 5.32 Å². The smallest absolute Gasteiger partial charge is 0.0345 e. The van der Waals surface area contributed by atoms with E-state index >= 15 is 0 Å². The van der Waals surface area contributed by atoms with Crippen molar-refractivity contribution in [2.24, 2.45) is 5.92 Å². The molecule has 1 aromatic carbocycles. The Bertz CT molecular complexity index is 483. The topological polar surface area (TPSA) is 12.0 Å². The number of nitrogens with one attached hydrogen (secondary N) is 1. The van der Waals surface area contributed by atoms with Gasteiger partial charge in [-0.05, 0) is 30.0 Å². The maximum Gasteiger partial charge on any atom is 0.0345 e. The predicted octanol–water partition coefficient (Wildman–Crippen LogP) is 3.40. The monoisotopic (exact) mass is 231 g/mol. The number of benzene rings is 1. The molecule has 1 saturated heterocycles. The van der Waals surface area contributed by atoms with Crippen LogP contribution in [0.25, 0.3) is 10.1 Å². The van der Waals surface area contributed by atoms with Crippen LogP contribution in [0, 0.1) is 5.92 Å². The normalized spacial score (nSPS) is 30.0. The Labute approximate surface area is 100 Å². The summed E-state index contributed by atoms with van der Waals surface area (Å²) in [6.07, 6.45) is 0. The minimum Gasteiger partial charge on any atom is -0.316 e. The summed E-state index contributed by atoms with van der Waals surface area (Å²) in [7, 11) is 0. The third kappa shape index (κ3) is 1.40. The molecule has 3 rings (SSSR count). The molecule has 1 aromatic heterocycles. The van der Waals surface area contributed by atoms with Crippen LogP contribution in [0.1, 0.15) is 18.7 Å². The maximum absolute atomic E-state index is 3.51. The predicted molar refractivity (Wildman–Crippen MR) is 71.2 cm³/mol. The number of thiophene rings is 1. The highest BCUT2D eigenvalue weighted by Gasteiger charge is 2.38. The lowest BCUT2D eigenvalue weighted by Gasteiger charge is -2.26. The zero-order valence-electron chi connectivity index (χ0n) is 9.79. The van der Waals surface area contributed by atoms with Gasteiger partial charge in [0.1, 0.15) is 0 Å². The molecule has 2 atom stereocenters. The van der Waals surface area contributed by atoms with Crippen LogP contribution in [-0.2, 0) is 5.41 Å². The van der Waals surface area contributed by atoms with Crippen molar-refractivity contribution in [1.82, 2.24) is 5.32 Å². The fraction of sp³-hybridized carbons (Fsp3) is 0.429. The molecule has 16 heavy (non-hydrogen) atoms. The van der Waals surface area contributed by atoms with Gasteiger partial charge in [0, 0.05) is 21.5 Å². The second-order valence-electron chi connectivity index (χ2n) is 5.10. The first kappa shape index (κ1) is 10.3. The number of hydrogen-bond acceptors (Lipinski definition) is 2. The summed E-state index contributed by atoms with van der Waals surface area (Å²) in [6, 6.07) is 11.1. The van der Waals surface area contributed by atoms with Crippen LogP contribution in [0.5, 0.6) is 0 Å². The summed E-state index contributed by atoms with van der Waals surface area (Å²) >= 11 is 1.96. The third-order valence-electron chi connectivity index (χ3n) is 4.02. The maximum atomic E-state index is 3.51. The Kier molecular flexibility index (Phi) is 2.30. The van der Waals surface area contributed by atoms with E-state index in [4.69, 9.17) is 0 Å². The Morgan fingerprint density at radius 2 is 2.19 bits per heavy atom. The molecule has 1 aliphatic rings. The van der Waals surface area contributed by atoms with Crippen molar-refractivity contribution in [1.29, 1.82) is 0 Å². The number of rotatable bonds is 1. The fourth-order valence-electron chi connectivity index (χ4n) is 2.54. The van der Waals surface area contributed by atoms with Gasteiger partial charge in [-0.3, -0.25) is 0 Å². The largest absolute Gasteiger partial charge is 0.316 e. The number of fused-ring (bicyclic) bond motifs is 1. The van der Waals surface area contributed by atoms with Gasteiger partial charge in [0.15, 0.2) is 0 Å². The summed E-state index contributed by atoms with van der Waals surface area (Å²) in [5.41, 5.74) is 0.323. The van der Waals surface area contributed by atoms with Crippen LogP contribution >= 0.6 is 11.3 Å². The lowest BCUT2D eigenvalue weighted by atomic mass is 9.80. The summed E-state index contributed by atoms with van der Waals surface area (Å²) in [5, 5.41) is 4.90. The molecule has 2 aromatic rings. The fourth-order valence-corrected chi connectivity index (χ4v) is 3.86. The van der Waals surface area contributed by atoms with Gasteiger partial charge in [0.05, 0.1) is 0 Å². The van der Waals surface area contributed by atoms with Crippen molar-refractivity contribution in [3.05, 3.63) is 35.2 Å². The molecular weight excluding hydrogens is 214 g/mol. The molecule has 0 amide bonds. The molecule has 84 valence electrons. The Morgan fingerprint density at radius 1 is 1.38 bits per heavy atom. The van der Waals surface area contributed by atoms with Crippen LogP contribution < -0.4 is 5.32 Å². The average Bonchev–Trinajstić information content (AvgIpc) is 2.84. The quantitative estimate of drug-likeness (QED) is 0.793. The first-order valence-corrected chi connectivity index (χ1v) is 6.71. The molecule has 1 aliphatic heterocycles. The van der Waals surface area contributed by atoms with Crippen molar-refractivity contribution in [2.75, 3.05) is 13.1 Å². The molecule has 2 heterocycles. The standard InChI is InChI=1S/C14H17NS/c1-10-8-15-9-14(10,2)13-7-11-5-3-4-6-12(11)16-13/h3-7,10,15H,8-9H2,1-2H3/t10-,14-/m1/s1. The highest BCUT2D eigenvalue weighted by atomic mass is 32.1. The Morgan fingerprint density at radius 3 is 2.88 bits per heavy atom. The van der Waals surface area contributed by atoms with E-state index in [1.165, 1.54) is 15.0 Å². The van der Waals surface area contributed by atoms with E-state index in [9.17, 15) is 0 Å². The molecule has 0 unspecified atom stereocenters. The zero-order chi connectivity index (χ0) is 11.2. The van der Waals surface area contributed by atoms with Gasteiger partial charge in [-0.25, -0.2) is 0 Å². The van der Waals surface area contributed by atoms with Crippen LogP contribution in [-0.4, -0.2) is 13.1 Å². The van der Waals surface area contributed by atoms with Gasteiger partial charge in [0.2, 0.25) is 0 Å². The molecule has 1 N–H and O–H groups in total. The van der Waals surface area contributed by atoms with E-state index in [2.05, 4.69) is 49.5 Å². The van der Waals surface area contributed by atoms with Gasteiger partial charge in [-0.2, -0.15) is 0 Å². The van der Waals surface area contributed by atoms with Crippen LogP contribution in [0.2, 0.25) is 0 Å². The molecule has 0 aliphatic carbocycles. The van der Waals surface area contributed by atoms with Gasteiger partial charge in [-0.1, -0.05) is 32.0 Å². The highest BCUT2D eigenvalue weighted by molar-refractivity contribution is 7.19. The van der Waals surface area contributed by atoms with Crippen molar-refractivity contribution in [3.63, 3.8) is 0 Å². The van der Waals surface area contributed by atoms with E-state index in [0.717, 1.165) is 19.0 Å². The second-order valence-corrected chi connectivity index (χ2v) is 6.18. The second kappa shape index (κ2) is 3.57.